The van der Waals surface area contributed by atoms with Gasteiger partial charge in [-0.1, -0.05) is 25.1 Å². The van der Waals surface area contributed by atoms with E-state index in [0.29, 0.717) is 6.42 Å². The van der Waals surface area contributed by atoms with E-state index in [1.54, 1.807) is 0 Å². The summed E-state index contributed by atoms with van der Waals surface area (Å²) in [6, 6.07) is 7.87. The van der Waals surface area contributed by atoms with Gasteiger partial charge in [0.1, 0.15) is 5.82 Å². The van der Waals surface area contributed by atoms with Gasteiger partial charge < -0.3 is 10.3 Å². The second kappa shape index (κ2) is 4.72. The SMILES string of the molecule is CCc1nc(/C=C2\Cc3ccccc3NC2=O)c[nH]1. The molecule has 0 radical (unpaired) electrons. The van der Waals surface area contributed by atoms with E-state index in [9.17, 15) is 4.79 Å². The molecule has 96 valence electrons. The maximum atomic E-state index is 12.0. The van der Waals surface area contributed by atoms with E-state index >= 15 is 0 Å². The summed E-state index contributed by atoms with van der Waals surface area (Å²) in [7, 11) is 0. The van der Waals surface area contributed by atoms with E-state index in [0.717, 1.165) is 34.8 Å². The number of aromatic nitrogens is 2. The van der Waals surface area contributed by atoms with E-state index in [1.165, 1.54) is 0 Å². The van der Waals surface area contributed by atoms with Crippen LogP contribution in [0.25, 0.3) is 6.08 Å². The minimum Gasteiger partial charge on any atom is -0.348 e. The van der Waals surface area contributed by atoms with Crippen molar-refractivity contribution in [1.82, 2.24) is 9.97 Å². The van der Waals surface area contributed by atoms with Crippen LogP contribution in [0.5, 0.6) is 0 Å². The molecule has 19 heavy (non-hydrogen) atoms. The second-order valence-corrected chi connectivity index (χ2v) is 4.58. The number of imidazole rings is 1. The van der Waals surface area contributed by atoms with Crippen molar-refractivity contribution in [3.8, 4) is 0 Å². The summed E-state index contributed by atoms with van der Waals surface area (Å²) in [5.74, 6) is 0.892. The lowest BCUT2D eigenvalue weighted by Gasteiger charge is -2.18. The Kier molecular flexibility index (Phi) is 2.91. The largest absolute Gasteiger partial charge is 0.348 e. The zero-order chi connectivity index (χ0) is 13.2. The van der Waals surface area contributed by atoms with Crippen LogP contribution in [-0.4, -0.2) is 15.9 Å². The molecule has 0 atom stereocenters. The molecule has 3 rings (SSSR count). The zero-order valence-electron chi connectivity index (χ0n) is 10.7. The van der Waals surface area contributed by atoms with Gasteiger partial charge in [-0.15, -0.1) is 0 Å². The highest BCUT2D eigenvalue weighted by molar-refractivity contribution is 6.09. The number of carbonyl (C=O) groups is 1. The van der Waals surface area contributed by atoms with Crippen LogP contribution in [0.2, 0.25) is 0 Å². The van der Waals surface area contributed by atoms with E-state index in [2.05, 4.69) is 15.3 Å². The van der Waals surface area contributed by atoms with Gasteiger partial charge in [0.25, 0.3) is 5.91 Å². The lowest BCUT2D eigenvalue weighted by atomic mass is 9.98. The van der Waals surface area contributed by atoms with Gasteiger partial charge in [0.2, 0.25) is 0 Å². The van der Waals surface area contributed by atoms with Crippen LogP contribution < -0.4 is 5.32 Å². The van der Waals surface area contributed by atoms with Gasteiger partial charge in [-0.3, -0.25) is 4.79 Å². The summed E-state index contributed by atoms with van der Waals surface area (Å²) in [6.07, 6.45) is 5.19. The van der Waals surface area contributed by atoms with Gasteiger partial charge in [-0.2, -0.15) is 0 Å². The van der Waals surface area contributed by atoms with E-state index < -0.39 is 0 Å². The first kappa shape index (κ1) is 11.7. The Morgan fingerprint density at radius 3 is 3.00 bits per heavy atom. The van der Waals surface area contributed by atoms with Gasteiger partial charge in [0, 0.05) is 30.3 Å². The lowest BCUT2D eigenvalue weighted by molar-refractivity contribution is -0.113. The minimum absolute atomic E-state index is 0.0419. The highest BCUT2D eigenvalue weighted by atomic mass is 16.1. The van der Waals surface area contributed by atoms with Crippen LogP contribution in [0.3, 0.4) is 0 Å². The fourth-order valence-electron chi connectivity index (χ4n) is 2.21. The molecule has 1 aromatic carbocycles. The highest BCUT2D eigenvalue weighted by Gasteiger charge is 2.19. The number of para-hydroxylation sites is 1. The third-order valence-electron chi connectivity index (χ3n) is 3.25. The number of hydrogen-bond acceptors (Lipinski definition) is 2. The molecular formula is C15H15N3O. The molecule has 1 amide bonds. The summed E-state index contributed by atoms with van der Waals surface area (Å²) in [5.41, 5.74) is 3.59. The predicted octanol–water partition coefficient (Wildman–Crippen LogP) is 2.55. The molecular weight excluding hydrogens is 238 g/mol. The van der Waals surface area contributed by atoms with Crippen molar-refractivity contribution in [2.75, 3.05) is 5.32 Å². The van der Waals surface area contributed by atoms with Crippen molar-refractivity contribution in [3.63, 3.8) is 0 Å². The molecule has 0 saturated carbocycles. The standard InChI is InChI=1S/C15H15N3O/c1-2-14-16-9-12(17-14)8-11-7-10-5-3-4-6-13(10)18-15(11)19/h3-6,8-9H,2,7H2,1H3,(H,16,17)(H,18,19)/b11-8+. The smallest absolute Gasteiger partial charge is 0.252 e. The predicted molar refractivity (Wildman–Crippen MR) is 74.7 cm³/mol. The number of aryl methyl sites for hydroxylation is 1. The summed E-state index contributed by atoms with van der Waals surface area (Å²) in [5, 5.41) is 2.91. The molecule has 1 aliphatic rings. The quantitative estimate of drug-likeness (QED) is 0.808. The Labute approximate surface area is 111 Å². The molecule has 0 bridgehead atoms. The summed E-state index contributed by atoms with van der Waals surface area (Å²) in [4.78, 5) is 19.5. The first-order valence-electron chi connectivity index (χ1n) is 6.40. The third-order valence-corrected chi connectivity index (χ3v) is 3.25. The van der Waals surface area contributed by atoms with Gasteiger partial charge in [0.15, 0.2) is 0 Å². The van der Waals surface area contributed by atoms with Crippen LogP contribution in [-0.2, 0) is 17.6 Å². The highest BCUT2D eigenvalue weighted by Crippen LogP contribution is 2.25. The Balaban J connectivity index is 1.92. The molecule has 2 heterocycles. The molecule has 0 saturated heterocycles. The van der Waals surface area contributed by atoms with Crippen molar-refractivity contribution in [2.45, 2.75) is 19.8 Å². The van der Waals surface area contributed by atoms with Crippen molar-refractivity contribution >= 4 is 17.7 Å². The zero-order valence-corrected chi connectivity index (χ0v) is 10.7. The number of fused-ring (bicyclic) bond motifs is 1. The summed E-state index contributed by atoms with van der Waals surface area (Å²) in [6.45, 7) is 2.04. The lowest BCUT2D eigenvalue weighted by Crippen LogP contribution is -2.22. The Morgan fingerprint density at radius 2 is 2.21 bits per heavy atom. The fourth-order valence-corrected chi connectivity index (χ4v) is 2.21. The number of aromatic amines is 1. The number of hydrogen-bond donors (Lipinski definition) is 2. The molecule has 1 aromatic heterocycles. The number of anilines is 1. The van der Waals surface area contributed by atoms with Crippen molar-refractivity contribution in [1.29, 1.82) is 0 Å². The number of carbonyl (C=O) groups excluding carboxylic acids is 1. The number of nitrogens with one attached hydrogen (secondary N) is 2. The Hall–Kier alpha value is -2.36. The monoisotopic (exact) mass is 253 g/mol. The normalized spacial score (nSPS) is 16.3. The van der Waals surface area contributed by atoms with Crippen LogP contribution >= 0.6 is 0 Å². The molecule has 4 heteroatoms. The van der Waals surface area contributed by atoms with Gasteiger partial charge in [-0.05, 0) is 17.7 Å². The van der Waals surface area contributed by atoms with Crippen LogP contribution in [0, 0.1) is 0 Å². The second-order valence-electron chi connectivity index (χ2n) is 4.58. The molecule has 0 aliphatic carbocycles. The number of H-pyrrole nitrogens is 1. The first-order chi connectivity index (χ1) is 9.26. The van der Waals surface area contributed by atoms with Gasteiger partial charge in [0.05, 0.1) is 5.69 Å². The van der Waals surface area contributed by atoms with Crippen LogP contribution in [0.1, 0.15) is 24.0 Å². The molecule has 0 spiro atoms. The minimum atomic E-state index is -0.0419. The maximum absolute atomic E-state index is 12.0. The van der Waals surface area contributed by atoms with Crippen molar-refractivity contribution in [2.24, 2.45) is 0 Å². The van der Waals surface area contributed by atoms with Gasteiger partial charge >= 0.3 is 0 Å². The Bertz CT molecular complexity index is 655. The molecule has 0 fully saturated rings. The third kappa shape index (κ3) is 2.29. The number of nitrogens with zero attached hydrogens (tertiary/aromatic N) is 1. The Morgan fingerprint density at radius 1 is 1.37 bits per heavy atom. The maximum Gasteiger partial charge on any atom is 0.252 e. The average molecular weight is 253 g/mol. The average Bonchev–Trinajstić information content (AvgIpc) is 2.87. The van der Waals surface area contributed by atoms with E-state index in [4.69, 9.17) is 0 Å². The fraction of sp³-hybridized carbons (Fsp3) is 0.200. The number of amides is 1. The van der Waals surface area contributed by atoms with Crippen LogP contribution in [0.15, 0.2) is 36.0 Å². The molecule has 2 aromatic rings. The topological polar surface area (TPSA) is 57.8 Å². The van der Waals surface area contributed by atoms with Crippen LogP contribution in [0.4, 0.5) is 5.69 Å². The molecule has 0 unspecified atom stereocenters. The van der Waals surface area contributed by atoms with Gasteiger partial charge in [-0.25, -0.2) is 4.98 Å². The van der Waals surface area contributed by atoms with Crippen molar-refractivity contribution < 1.29 is 4.79 Å². The first-order valence-corrected chi connectivity index (χ1v) is 6.40. The van der Waals surface area contributed by atoms with E-state index in [1.807, 2.05) is 43.5 Å². The van der Waals surface area contributed by atoms with Crippen molar-refractivity contribution in [3.05, 3.63) is 53.1 Å². The molecule has 1 aliphatic heterocycles. The number of benzene rings is 1. The molecule has 2 N–H and O–H groups in total. The molecule has 4 nitrogen and oxygen atoms in total. The summed E-state index contributed by atoms with van der Waals surface area (Å²) >= 11 is 0. The number of rotatable bonds is 2. The summed E-state index contributed by atoms with van der Waals surface area (Å²) < 4.78 is 0. The van der Waals surface area contributed by atoms with E-state index in [-0.39, 0.29) is 5.91 Å².